The van der Waals surface area contributed by atoms with Crippen LogP contribution in [-0.2, 0) is 16.4 Å². The molecule has 1 aliphatic heterocycles. The lowest BCUT2D eigenvalue weighted by atomic mass is 10.2. The number of hydrogen-bond donors (Lipinski definition) is 1. The number of primary sulfonamides is 1. The van der Waals surface area contributed by atoms with Crippen molar-refractivity contribution >= 4 is 15.7 Å². The standard InChI is InChI=1S/C11H14N2O2S/c1-2-6-13-7-5-9-3-4-10(8-11(9)13)16(12,14)15/h2-4,8H,1,5-7H2,(H2,12,14,15). The lowest BCUT2D eigenvalue weighted by Crippen LogP contribution is -2.20. The highest BCUT2D eigenvalue weighted by Crippen LogP contribution is 2.29. The van der Waals surface area contributed by atoms with Crippen LogP contribution in [0.25, 0.3) is 0 Å². The Hall–Kier alpha value is -1.33. The SMILES string of the molecule is C=CCN1CCc2ccc(S(N)(=O)=O)cc21. The molecule has 0 saturated carbocycles. The van der Waals surface area contributed by atoms with Crippen molar-refractivity contribution in [3.05, 3.63) is 36.4 Å². The number of rotatable bonds is 3. The predicted molar refractivity (Wildman–Crippen MR) is 63.9 cm³/mol. The zero-order valence-electron chi connectivity index (χ0n) is 8.89. The summed E-state index contributed by atoms with van der Waals surface area (Å²) >= 11 is 0. The van der Waals surface area contributed by atoms with E-state index in [2.05, 4.69) is 11.5 Å². The van der Waals surface area contributed by atoms with Crippen molar-refractivity contribution in [2.45, 2.75) is 11.3 Å². The second-order valence-electron chi connectivity index (χ2n) is 3.82. The number of anilines is 1. The molecule has 86 valence electrons. The topological polar surface area (TPSA) is 63.4 Å². The molecule has 0 aliphatic carbocycles. The minimum atomic E-state index is -3.62. The van der Waals surface area contributed by atoms with E-state index >= 15 is 0 Å². The average Bonchev–Trinajstić information content (AvgIpc) is 2.60. The first-order valence-electron chi connectivity index (χ1n) is 5.04. The van der Waals surface area contributed by atoms with Gasteiger partial charge in [0.15, 0.2) is 0 Å². The van der Waals surface area contributed by atoms with Gasteiger partial charge in [-0.3, -0.25) is 0 Å². The number of hydrogen-bond acceptors (Lipinski definition) is 3. The van der Waals surface area contributed by atoms with Gasteiger partial charge >= 0.3 is 0 Å². The predicted octanol–water partition coefficient (Wildman–Crippen LogP) is 0.883. The van der Waals surface area contributed by atoms with Crippen LogP contribution in [0.3, 0.4) is 0 Å². The van der Waals surface area contributed by atoms with Crippen LogP contribution in [0.15, 0.2) is 35.7 Å². The number of nitrogens with zero attached hydrogens (tertiary/aromatic N) is 1. The van der Waals surface area contributed by atoms with Crippen LogP contribution in [0.5, 0.6) is 0 Å². The van der Waals surface area contributed by atoms with E-state index < -0.39 is 10.0 Å². The fourth-order valence-electron chi connectivity index (χ4n) is 1.95. The molecule has 0 spiro atoms. The molecule has 0 radical (unpaired) electrons. The molecule has 0 unspecified atom stereocenters. The van der Waals surface area contributed by atoms with Crippen LogP contribution in [0.2, 0.25) is 0 Å². The fraction of sp³-hybridized carbons (Fsp3) is 0.273. The summed E-state index contributed by atoms with van der Waals surface area (Å²) in [4.78, 5) is 2.26. The molecule has 2 N–H and O–H groups in total. The van der Waals surface area contributed by atoms with Crippen molar-refractivity contribution in [1.29, 1.82) is 0 Å². The molecule has 0 amide bonds. The van der Waals surface area contributed by atoms with Gasteiger partial charge in [-0.05, 0) is 24.1 Å². The molecule has 2 rings (SSSR count). The first kappa shape index (κ1) is 11.2. The summed E-state index contributed by atoms with van der Waals surface area (Å²) in [6, 6.07) is 5.03. The smallest absolute Gasteiger partial charge is 0.238 e. The summed E-state index contributed by atoms with van der Waals surface area (Å²) in [6.45, 7) is 5.31. The molecule has 1 aromatic carbocycles. The van der Waals surface area contributed by atoms with Gasteiger partial charge in [-0.1, -0.05) is 12.1 Å². The van der Waals surface area contributed by atoms with Gasteiger partial charge in [-0.25, -0.2) is 13.6 Å². The van der Waals surface area contributed by atoms with Crippen LogP contribution in [-0.4, -0.2) is 21.5 Å². The van der Waals surface area contributed by atoms with Gasteiger partial charge in [-0.2, -0.15) is 0 Å². The first-order valence-corrected chi connectivity index (χ1v) is 6.58. The average molecular weight is 238 g/mol. The first-order chi connectivity index (χ1) is 7.52. The third-order valence-corrected chi connectivity index (χ3v) is 3.64. The Bertz CT molecular complexity index is 523. The molecule has 5 heteroatoms. The van der Waals surface area contributed by atoms with Gasteiger partial charge in [0, 0.05) is 18.8 Å². The maximum atomic E-state index is 11.2. The second-order valence-corrected chi connectivity index (χ2v) is 5.38. The second kappa shape index (κ2) is 3.92. The van der Waals surface area contributed by atoms with Gasteiger partial charge in [0.2, 0.25) is 10.0 Å². The summed E-state index contributed by atoms with van der Waals surface area (Å²) in [5.41, 5.74) is 2.11. The van der Waals surface area contributed by atoms with Crippen molar-refractivity contribution < 1.29 is 8.42 Å². The molecule has 1 heterocycles. The Morgan fingerprint density at radius 1 is 1.50 bits per heavy atom. The van der Waals surface area contributed by atoms with E-state index in [0.717, 1.165) is 30.8 Å². The largest absolute Gasteiger partial charge is 0.367 e. The van der Waals surface area contributed by atoms with Crippen LogP contribution in [0.1, 0.15) is 5.56 Å². The molecule has 0 bridgehead atoms. The van der Waals surface area contributed by atoms with E-state index in [-0.39, 0.29) is 4.90 Å². The van der Waals surface area contributed by atoms with Crippen molar-refractivity contribution in [1.82, 2.24) is 0 Å². The lowest BCUT2D eigenvalue weighted by molar-refractivity contribution is 0.598. The minimum Gasteiger partial charge on any atom is -0.367 e. The van der Waals surface area contributed by atoms with E-state index in [1.807, 2.05) is 6.07 Å². The van der Waals surface area contributed by atoms with E-state index in [4.69, 9.17) is 5.14 Å². The fourth-order valence-corrected chi connectivity index (χ4v) is 2.48. The number of sulfonamides is 1. The molecular formula is C11H14N2O2S. The molecule has 0 atom stereocenters. The summed E-state index contributed by atoms with van der Waals surface area (Å²) in [5, 5.41) is 5.10. The van der Waals surface area contributed by atoms with E-state index in [9.17, 15) is 8.42 Å². The summed E-state index contributed by atoms with van der Waals surface area (Å²) in [6.07, 6.45) is 2.74. The van der Waals surface area contributed by atoms with Gasteiger partial charge in [0.05, 0.1) is 4.90 Å². The van der Waals surface area contributed by atoms with Crippen molar-refractivity contribution in [3.8, 4) is 0 Å². The molecule has 16 heavy (non-hydrogen) atoms. The maximum Gasteiger partial charge on any atom is 0.238 e. The Morgan fingerprint density at radius 2 is 2.25 bits per heavy atom. The monoisotopic (exact) mass is 238 g/mol. The zero-order chi connectivity index (χ0) is 11.8. The Morgan fingerprint density at radius 3 is 2.88 bits per heavy atom. The van der Waals surface area contributed by atoms with E-state index in [1.165, 1.54) is 0 Å². The van der Waals surface area contributed by atoms with E-state index in [1.54, 1.807) is 18.2 Å². The molecule has 0 saturated heterocycles. The highest BCUT2D eigenvalue weighted by molar-refractivity contribution is 7.89. The third kappa shape index (κ3) is 1.96. The maximum absolute atomic E-state index is 11.2. The van der Waals surface area contributed by atoms with Crippen molar-refractivity contribution in [2.24, 2.45) is 5.14 Å². The third-order valence-electron chi connectivity index (χ3n) is 2.73. The molecular weight excluding hydrogens is 224 g/mol. The van der Waals surface area contributed by atoms with Crippen LogP contribution < -0.4 is 10.0 Å². The Labute approximate surface area is 95.4 Å². The molecule has 0 aromatic heterocycles. The molecule has 1 aliphatic rings. The van der Waals surface area contributed by atoms with Crippen molar-refractivity contribution in [3.63, 3.8) is 0 Å². The van der Waals surface area contributed by atoms with E-state index in [0.29, 0.717) is 0 Å². The van der Waals surface area contributed by atoms with Crippen LogP contribution in [0.4, 0.5) is 5.69 Å². The summed E-state index contributed by atoms with van der Waals surface area (Å²) in [5.74, 6) is 0. The normalized spacial score (nSPS) is 14.9. The summed E-state index contributed by atoms with van der Waals surface area (Å²) < 4.78 is 22.5. The van der Waals surface area contributed by atoms with Gasteiger partial charge in [0.25, 0.3) is 0 Å². The molecule has 4 nitrogen and oxygen atoms in total. The number of benzene rings is 1. The quantitative estimate of drug-likeness (QED) is 0.795. The minimum absolute atomic E-state index is 0.169. The van der Waals surface area contributed by atoms with Gasteiger partial charge < -0.3 is 4.90 Å². The molecule has 1 aromatic rings. The molecule has 0 fully saturated rings. The summed E-state index contributed by atoms with van der Waals surface area (Å²) in [7, 11) is -3.62. The lowest BCUT2D eigenvalue weighted by Gasteiger charge is -2.17. The highest BCUT2D eigenvalue weighted by Gasteiger charge is 2.20. The highest BCUT2D eigenvalue weighted by atomic mass is 32.2. The van der Waals surface area contributed by atoms with Crippen LogP contribution in [0, 0.1) is 0 Å². The van der Waals surface area contributed by atoms with Gasteiger partial charge in [0.1, 0.15) is 0 Å². The van der Waals surface area contributed by atoms with Gasteiger partial charge in [-0.15, -0.1) is 6.58 Å². The zero-order valence-corrected chi connectivity index (χ0v) is 9.70. The van der Waals surface area contributed by atoms with Crippen LogP contribution >= 0.6 is 0 Å². The number of fused-ring (bicyclic) bond motifs is 1. The van der Waals surface area contributed by atoms with Crippen molar-refractivity contribution in [2.75, 3.05) is 18.0 Å². The Balaban J connectivity index is 2.45. The Kier molecular flexibility index (Phi) is 2.73. The number of nitrogens with two attached hydrogens (primary N) is 1.